The quantitative estimate of drug-likeness (QED) is 0.486. The molecular formula is C23H27F2N5O2S. The summed E-state index contributed by atoms with van der Waals surface area (Å²) in [5, 5.41) is 7.06. The number of halogens is 2. The number of anilines is 1. The minimum absolute atomic E-state index is 0.0448. The van der Waals surface area contributed by atoms with E-state index in [1.807, 2.05) is 51.1 Å². The number of hydrogen-bond acceptors (Lipinski definition) is 5. The first-order valence-corrected chi connectivity index (χ1v) is 11.9. The van der Waals surface area contributed by atoms with E-state index in [0.717, 1.165) is 37.4 Å². The fourth-order valence-electron chi connectivity index (χ4n) is 3.70. The molecule has 33 heavy (non-hydrogen) atoms. The predicted octanol–water partition coefficient (Wildman–Crippen LogP) is 4.29. The minimum atomic E-state index is -2.80. The van der Waals surface area contributed by atoms with Crippen LogP contribution in [0.1, 0.15) is 31.7 Å². The highest BCUT2D eigenvalue weighted by molar-refractivity contribution is 7.84. The maximum absolute atomic E-state index is 13.6. The maximum atomic E-state index is 13.6. The van der Waals surface area contributed by atoms with Crippen LogP contribution in [0, 0.1) is 0 Å². The average molecular weight is 476 g/mol. The zero-order valence-corrected chi connectivity index (χ0v) is 19.4. The van der Waals surface area contributed by atoms with Gasteiger partial charge < -0.3 is 4.42 Å². The van der Waals surface area contributed by atoms with Crippen molar-refractivity contribution in [3.8, 4) is 11.5 Å². The predicted molar refractivity (Wildman–Crippen MR) is 124 cm³/mol. The van der Waals surface area contributed by atoms with Crippen LogP contribution in [0.15, 0.2) is 59.0 Å². The van der Waals surface area contributed by atoms with Crippen LogP contribution in [0.2, 0.25) is 0 Å². The number of nitrogens with zero attached hydrogens (tertiary/aromatic N) is 5. The third-order valence-corrected chi connectivity index (χ3v) is 7.14. The van der Waals surface area contributed by atoms with Crippen molar-refractivity contribution in [1.82, 2.24) is 19.4 Å². The summed E-state index contributed by atoms with van der Waals surface area (Å²) in [5.74, 6) is -0.652. The molecule has 1 saturated heterocycles. The number of benzene rings is 2. The molecule has 176 valence electrons. The van der Waals surface area contributed by atoms with Crippen molar-refractivity contribution in [1.29, 1.82) is 0 Å². The van der Waals surface area contributed by atoms with Gasteiger partial charge in [0.05, 0.1) is 12.2 Å². The van der Waals surface area contributed by atoms with Crippen molar-refractivity contribution in [2.75, 3.05) is 30.5 Å². The molecule has 1 aliphatic rings. The zero-order chi connectivity index (χ0) is 23.4. The topological polar surface area (TPSA) is 65.7 Å². The van der Waals surface area contributed by atoms with Gasteiger partial charge >= 0.3 is 6.43 Å². The molecule has 0 N–H and O–H groups in total. The second-order valence-electron chi connectivity index (χ2n) is 8.10. The molecule has 7 nitrogen and oxygen atoms in total. The third-order valence-electron chi connectivity index (χ3n) is 5.61. The summed E-state index contributed by atoms with van der Waals surface area (Å²) in [6.45, 7) is 8.00. The molecule has 0 spiro atoms. The highest BCUT2D eigenvalue weighted by Crippen LogP contribution is 2.25. The Kier molecular flexibility index (Phi) is 7.46. The maximum Gasteiger partial charge on any atom is 0.314 e. The summed E-state index contributed by atoms with van der Waals surface area (Å²) in [6, 6.07) is 17.3. The molecule has 0 radical (unpaired) electrons. The summed E-state index contributed by atoms with van der Waals surface area (Å²) in [6.07, 6.45) is -2.80. The number of hydrogen-bond donors (Lipinski definition) is 0. The highest BCUT2D eigenvalue weighted by Gasteiger charge is 2.27. The first-order chi connectivity index (χ1) is 15.9. The van der Waals surface area contributed by atoms with Gasteiger partial charge in [0.25, 0.3) is 5.89 Å². The van der Waals surface area contributed by atoms with Crippen molar-refractivity contribution < 1.29 is 17.4 Å². The molecule has 3 aromatic rings. The van der Waals surface area contributed by atoms with E-state index in [2.05, 4.69) is 28.9 Å². The Morgan fingerprint density at radius 1 is 1.00 bits per heavy atom. The van der Waals surface area contributed by atoms with Gasteiger partial charge in [0.2, 0.25) is 5.89 Å². The molecule has 0 saturated carbocycles. The van der Waals surface area contributed by atoms with E-state index in [9.17, 15) is 13.0 Å². The number of para-hydroxylation sites is 1. The first-order valence-electron chi connectivity index (χ1n) is 10.9. The van der Waals surface area contributed by atoms with E-state index in [-0.39, 0.29) is 5.89 Å². The van der Waals surface area contributed by atoms with Gasteiger partial charge in [0.1, 0.15) is 0 Å². The molecule has 0 aliphatic carbocycles. The molecule has 1 atom stereocenters. The standard InChI is InChI=1S/C23H27F2N5O2S/c1-17(2)28-12-14-29(15-13-28)33(31)30(20-6-4-3-5-7-20)16-18-8-10-19(11-9-18)22-26-27-23(32-22)21(24)25/h3-11,17,21H,12-16H2,1-2H3. The van der Waals surface area contributed by atoms with Crippen LogP contribution >= 0.6 is 0 Å². The highest BCUT2D eigenvalue weighted by atomic mass is 32.2. The van der Waals surface area contributed by atoms with Crippen molar-refractivity contribution in [2.45, 2.75) is 32.9 Å². The van der Waals surface area contributed by atoms with Crippen LogP contribution < -0.4 is 4.31 Å². The third kappa shape index (κ3) is 5.63. The lowest BCUT2D eigenvalue weighted by molar-refractivity contribution is 0.116. The summed E-state index contributed by atoms with van der Waals surface area (Å²) < 4.78 is 47.9. The SMILES string of the molecule is CC(C)N1CCN(S(=O)N(Cc2ccc(-c3nnc(C(F)F)o3)cc2)c2ccccc2)CC1. The van der Waals surface area contributed by atoms with E-state index in [1.54, 1.807) is 12.1 Å². The Hall–Kier alpha value is -2.69. The van der Waals surface area contributed by atoms with Crippen LogP contribution in [0.3, 0.4) is 0 Å². The van der Waals surface area contributed by atoms with Gasteiger partial charge in [0.15, 0.2) is 11.2 Å². The molecule has 1 aromatic heterocycles. The van der Waals surface area contributed by atoms with E-state index >= 15 is 0 Å². The smallest absolute Gasteiger partial charge is 0.314 e. The van der Waals surface area contributed by atoms with Crippen LogP contribution in [-0.2, 0) is 17.7 Å². The van der Waals surface area contributed by atoms with Gasteiger partial charge in [-0.1, -0.05) is 30.3 Å². The van der Waals surface area contributed by atoms with Crippen molar-refractivity contribution in [3.05, 3.63) is 66.1 Å². The molecule has 0 bridgehead atoms. The summed E-state index contributed by atoms with van der Waals surface area (Å²) in [5.41, 5.74) is 2.34. The Bertz CT molecular complexity index is 1050. The molecule has 1 unspecified atom stereocenters. The fraction of sp³-hybridized carbons (Fsp3) is 0.391. The molecule has 0 amide bonds. The second-order valence-corrected chi connectivity index (χ2v) is 9.52. The first kappa shape index (κ1) is 23.5. The van der Waals surface area contributed by atoms with Gasteiger partial charge in [-0.3, -0.25) is 9.21 Å². The van der Waals surface area contributed by atoms with E-state index < -0.39 is 23.5 Å². The Morgan fingerprint density at radius 2 is 1.67 bits per heavy atom. The van der Waals surface area contributed by atoms with Crippen LogP contribution in [-0.4, -0.2) is 55.8 Å². The second kappa shape index (κ2) is 10.5. The van der Waals surface area contributed by atoms with Gasteiger partial charge in [-0.15, -0.1) is 10.2 Å². The van der Waals surface area contributed by atoms with Crippen LogP contribution in [0.4, 0.5) is 14.5 Å². The normalized spacial score (nSPS) is 16.4. The minimum Gasteiger partial charge on any atom is -0.415 e. The molecule has 1 fully saturated rings. The summed E-state index contributed by atoms with van der Waals surface area (Å²) >= 11 is -1.35. The fourth-order valence-corrected chi connectivity index (χ4v) is 5.02. The molecule has 10 heteroatoms. The number of rotatable bonds is 8. The van der Waals surface area contributed by atoms with Crippen LogP contribution in [0.25, 0.3) is 11.5 Å². The Labute approximate surface area is 194 Å². The van der Waals surface area contributed by atoms with Crippen molar-refractivity contribution in [3.63, 3.8) is 0 Å². The number of aromatic nitrogens is 2. The molecular weight excluding hydrogens is 448 g/mol. The molecule has 2 aromatic carbocycles. The van der Waals surface area contributed by atoms with Gasteiger partial charge in [-0.25, -0.2) is 8.51 Å². The lowest BCUT2D eigenvalue weighted by atomic mass is 10.1. The number of alkyl halides is 2. The molecule has 2 heterocycles. The largest absolute Gasteiger partial charge is 0.415 e. The average Bonchev–Trinajstić information content (AvgIpc) is 3.34. The van der Waals surface area contributed by atoms with Crippen molar-refractivity contribution >= 4 is 16.9 Å². The molecule has 4 rings (SSSR count). The van der Waals surface area contributed by atoms with E-state index in [1.165, 1.54) is 0 Å². The lowest BCUT2D eigenvalue weighted by Crippen LogP contribution is -2.52. The summed E-state index contributed by atoms with van der Waals surface area (Å²) in [4.78, 5) is 2.39. The van der Waals surface area contributed by atoms with Gasteiger partial charge in [-0.2, -0.15) is 8.78 Å². The Balaban J connectivity index is 1.50. The monoisotopic (exact) mass is 475 g/mol. The molecule has 1 aliphatic heterocycles. The van der Waals surface area contributed by atoms with Gasteiger partial charge in [-0.05, 0) is 43.7 Å². The van der Waals surface area contributed by atoms with E-state index in [4.69, 9.17) is 4.42 Å². The lowest BCUT2D eigenvalue weighted by Gasteiger charge is -2.38. The summed E-state index contributed by atoms with van der Waals surface area (Å²) in [7, 11) is 0. The van der Waals surface area contributed by atoms with E-state index in [0.29, 0.717) is 18.2 Å². The Morgan fingerprint density at radius 3 is 2.24 bits per heavy atom. The number of piperazine rings is 1. The zero-order valence-electron chi connectivity index (χ0n) is 18.6. The van der Waals surface area contributed by atoms with Crippen LogP contribution in [0.5, 0.6) is 0 Å². The van der Waals surface area contributed by atoms with Crippen molar-refractivity contribution in [2.24, 2.45) is 0 Å². The van der Waals surface area contributed by atoms with Gasteiger partial charge in [0, 0.05) is 37.8 Å².